The first kappa shape index (κ1) is 11.4. The van der Waals surface area contributed by atoms with Gasteiger partial charge in [0.2, 0.25) is 5.76 Å². The minimum absolute atomic E-state index is 0.194. The Balaban J connectivity index is 1.92. The Kier molecular flexibility index (Phi) is 3.53. The number of pyridine rings is 1. The van der Waals surface area contributed by atoms with E-state index in [1.54, 1.807) is 12.3 Å². The highest BCUT2D eigenvalue weighted by Crippen LogP contribution is 2.12. The van der Waals surface area contributed by atoms with Gasteiger partial charge >= 0.3 is 0 Å². The first-order valence-corrected chi connectivity index (χ1v) is 5.41. The van der Waals surface area contributed by atoms with Crippen molar-refractivity contribution in [1.29, 1.82) is 5.26 Å². The quantitative estimate of drug-likeness (QED) is 0.871. The van der Waals surface area contributed by atoms with Gasteiger partial charge in [0.15, 0.2) is 0 Å². The highest BCUT2D eigenvalue weighted by molar-refractivity contribution is 5.19. The number of aromatic nitrogens is 1. The van der Waals surface area contributed by atoms with E-state index >= 15 is 0 Å². The number of nitrogens with zero attached hydrogens (tertiary/aromatic N) is 2. The zero-order valence-electron chi connectivity index (χ0n) is 9.55. The first-order valence-electron chi connectivity index (χ1n) is 5.41. The van der Waals surface area contributed by atoms with Gasteiger partial charge in [-0.25, -0.2) is 0 Å². The average Bonchev–Trinajstić information content (AvgIpc) is 2.85. The van der Waals surface area contributed by atoms with Crippen LogP contribution in [0.5, 0.6) is 0 Å². The predicted octanol–water partition coefficient (Wildman–Crippen LogP) is 2.40. The SMILES string of the molecule is CC(NCc1ccc(C#N)o1)c1cccnc1. The summed E-state index contributed by atoms with van der Waals surface area (Å²) >= 11 is 0. The zero-order chi connectivity index (χ0) is 12.1. The predicted molar refractivity (Wildman–Crippen MR) is 62.9 cm³/mol. The van der Waals surface area contributed by atoms with Crippen molar-refractivity contribution in [3.05, 3.63) is 53.7 Å². The summed E-state index contributed by atoms with van der Waals surface area (Å²) in [6.07, 6.45) is 3.59. The molecule has 4 heteroatoms. The van der Waals surface area contributed by atoms with Crippen molar-refractivity contribution < 1.29 is 4.42 Å². The van der Waals surface area contributed by atoms with Gasteiger partial charge in [-0.2, -0.15) is 5.26 Å². The molecule has 0 bridgehead atoms. The van der Waals surface area contributed by atoms with E-state index in [1.165, 1.54) is 0 Å². The molecule has 0 saturated heterocycles. The van der Waals surface area contributed by atoms with Crippen LogP contribution in [0, 0.1) is 11.3 Å². The molecule has 0 radical (unpaired) electrons. The van der Waals surface area contributed by atoms with E-state index in [0.29, 0.717) is 12.3 Å². The van der Waals surface area contributed by atoms with Crippen molar-refractivity contribution in [3.8, 4) is 6.07 Å². The molecule has 1 atom stereocenters. The molecule has 2 aromatic rings. The molecule has 0 saturated carbocycles. The molecule has 2 heterocycles. The molecule has 4 nitrogen and oxygen atoms in total. The minimum Gasteiger partial charge on any atom is -0.449 e. The van der Waals surface area contributed by atoms with Crippen LogP contribution in [0.15, 0.2) is 41.1 Å². The summed E-state index contributed by atoms with van der Waals surface area (Å²) in [6.45, 7) is 2.66. The van der Waals surface area contributed by atoms with Crippen LogP contribution in [0.4, 0.5) is 0 Å². The summed E-state index contributed by atoms with van der Waals surface area (Å²) in [7, 11) is 0. The maximum atomic E-state index is 8.63. The number of nitrogens with one attached hydrogen (secondary N) is 1. The van der Waals surface area contributed by atoms with Crippen molar-refractivity contribution >= 4 is 0 Å². The highest BCUT2D eigenvalue weighted by Gasteiger charge is 2.06. The fraction of sp³-hybridized carbons (Fsp3) is 0.231. The van der Waals surface area contributed by atoms with Crippen LogP contribution < -0.4 is 5.32 Å². The molecule has 0 aliphatic carbocycles. The standard InChI is InChI=1S/C13H13N3O/c1-10(11-3-2-6-15-8-11)16-9-13-5-4-12(7-14)17-13/h2-6,8,10,16H,9H2,1H3. The van der Waals surface area contributed by atoms with Crippen LogP contribution >= 0.6 is 0 Å². The molecule has 0 fully saturated rings. The van der Waals surface area contributed by atoms with Crippen molar-refractivity contribution in [2.24, 2.45) is 0 Å². The summed E-state index contributed by atoms with van der Waals surface area (Å²) in [4.78, 5) is 4.07. The average molecular weight is 227 g/mol. The Bertz CT molecular complexity index is 513. The molecule has 1 N–H and O–H groups in total. The molecular formula is C13H13N3O. The lowest BCUT2D eigenvalue weighted by Crippen LogP contribution is -2.17. The summed E-state index contributed by atoms with van der Waals surface area (Å²) in [5.74, 6) is 1.10. The summed E-state index contributed by atoms with van der Waals surface area (Å²) < 4.78 is 5.28. The monoisotopic (exact) mass is 227 g/mol. The van der Waals surface area contributed by atoms with E-state index < -0.39 is 0 Å². The van der Waals surface area contributed by atoms with Gasteiger partial charge in [0.1, 0.15) is 11.8 Å². The van der Waals surface area contributed by atoms with Gasteiger partial charge in [0.25, 0.3) is 0 Å². The normalized spacial score (nSPS) is 12.0. The van der Waals surface area contributed by atoms with Gasteiger partial charge < -0.3 is 9.73 Å². The zero-order valence-corrected chi connectivity index (χ0v) is 9.55. The van der Waals surface area contributed by atoms with Crippen molar-refractivity contribution in [1.82, 2.24) is 10.3 Å². The second-order valence-corrected chi connectivity index (χ2v) is 3.77. The summed E-state index contributed by atoms with van der Waals surface area (Å²) in [6, 6.07) is 9.57. The Morgan fingerprint density at radius 2 is 2.35 bits per heavy atom. The van der Waals surface area contributed by atoms with Gasteiger partial charge in [-0.1, -0.05) is 6.07 Å². The van der Waals surface area contributed by atoms with Crippen LogP contribution in [0.25, 0.3) is 0 Å². The summed E-state index contributed by atoms with van der Waals surface area (Å²) in [5.41, 5.74) is 1.12. The number of rotatable bonds is 4. The molecule has 0 aliphatic rings. The molecule has 0 amide bonds. The van der Waals surface area contributed by atoms with Crippen LogP contribution in [0.2, 0.25) is 0 Å². The molecule has 0 spiro atoms. The molecule has 0 aromatic carbocycles. The maximum absolute atomic E-state index is 8.63. The van der Waals surface area contributed by atoms with Crippen LogP contribution in [-0.4, -0.2) is 4.98 Å². The van der Waals surface area contributed by atoms with Crippen LogP contribution in [0.1, 0.15) is 30.0 Å². The first-order chi connectivity index (χ1) is 8.29. The second-order valence-electron chi connectivity index (χ2n) is 3.77. The lowest BCUT2D eigenvalue weighted by molar-refractivity contribution is 0.453. The Labute approximate surface area is 99.9 Å². The van der Waals surface area contributed by atoms with Crippen LogP contribution in [-0.2, 0) is 6.54 Å². The van der Waals surface area contributed by atoms with E-state index in [9.17, 15) is 0 Å². The Hall–Kier alpha value is -2.12. The summed E-state index contributed by atoms with van der Waals surface area (Å²) in [5, 5.41) is 11.9. The van der Waals surface area contributed by atoms with Gasteiger partial charge in [-0.3, -0.25) is 4.98 Å². The van der Waals surface area contributed by atoms with E-state index in [4.69, 9.17) is 9.68 Å². The second kappa shape index (κ2) is 5.28. The molecule has 86 valence electrons. The number of hydrogen-bond donors (Lipinski definition) is 1. The molecule has 0 aliphatic heterocycles. The lowest BCUT2D eigenvalue weighted by Gasteiger charge is -2.12. The van der Waals surface area contributed by atoms with Crippen molar-refractivity contribution in [2.75, 3.05) is 0 Å². The van der Waals surface area contributed by atoms with Crippen molar-refractivity contribution in [2.45, 2.75) is 19.5 Å². The molecule has 1 unspecified atom stereocenters. The van der Waals surface area contributed by atoms with E-state index in [0.717, 1.165) is 11.3 Å². The number of furan rings is 1. The number of hydrogen-bond acceptors (Lipinski definition) is 4. The van der Waals surface area contributed by atoms with E-state index in [-0.39, 0.29) is 6.04 Å². The third-order valence-corrected chi connectivity index (χ3v) is 2.54. The largest absolute Gasteiger partial charge is 0.449 e. The molecular weight excluding hydrogens is 214 g/mol. The molecule has 2 rings (SSSR count). The van der Waals surface area contributed by atoms with Gasteiger partial charge in [-0.05, 0) is 30.7 Å². The molecule has 2 aromatic heterocycles. The Morgan fingerprint density at radius 3 is 3.00 bits per heavy atom. The van der Waals surface area contributed by atoms with Gasteiger partial charge in [-0.15, -0.1) is 0 Å². The fourth-order valence-electron chi connectivity index (χ4n) is 1.54. The lowest BCUT2D eigenvalue weighted by atomic mass is 10.1. The minimum atomic E-state index is 0.194. The van der Waals surface area contributed by atoms with E-state index in [1.807, 2.05) is 30.5 Å². The third kappa shape index (κ3) is 2.92. The van der Waals surface area contributed by atoms with Gasteiger partial charge in [0, 0.05) is 18.4 Å². The van der Waals surface area contributed by atoms with Gasteiger partial charge in [0.05, 0.1) is 6.54 Å². The Morgan fingerprint density at radius 1 is 1.47 bits per heavy atom. The number of nitriles is 1. The third-order valence-electron chi connectivity index (χ3n) is 2.54. The smallest absolute Gasteiger partial charge is 0.203 e. The van der Waals surface area contributed by atoms with Crippen LogP contribution in [0.3, 0.4) is 0 Å². The van der Waals surface area contributed by atoms with E-state index in [2.05, 4.69) is 17.2 Å². The highest BCUT2D eigenvalue weighted by atomic mass is 16.3. The molecule has 17 heavy (non-hydrogen) atoms. The van der Waals surface area contributed by atoms with Crippen molar-refractivity contribution in [3.63, 3.8) is 0 Å². The maximum Gasteiger partial charge on any atom is 0.203 e. The fourth-order valence-corrected chi connectivity index (χ4v) is 1.54. The topological polar surface area (TPSA) is 61.9 Å².